The molecule has 3 heterocycles. The molecule has 1 atom stereocenters. The number of nitrogens with zero attached hydrogens (tertiary/aromatic N) is 2. The number of hydrogen-bond donors (Lipinski definition) is 1. The summed E-state index contributed by atoms with van der Waals surface area (Å²) in [6.07, 6.45) is 5.60. The molecule has 1 unspecified atom stereocenters. The molecule has 7 rings (SSSR count). The Labute approximate surface area is 236 Å². The highest BCUT2D eigenvalue weighted by atomic mass is 79.9. The molecule has 0 bridgehead atoms. The van der Waals surface area contributed by atoms with Crippen LogP contribution in [0.4, 0.5) is 0 Å². The summed E-state index contributed by atoms with van der Waals surface area (Å²) in [6, 6.07) is 20.1. The fourth-order valence-corrected chi connectivity index (χ4v) is 7.00. The third kappa shape index (κ3) is 3.97. The minimum atomic E-state index is -0.239. The Morgan fingerprint density at radius 2 is 1.82 bits per heavy atom. The van der Waals surface area contributed by atoms with Gasteiger partial charge in [-0.1, -0.05) is 39.4 Å². The predicted octanol–water partition coefficient (Wildman–Crippen LogP) is 5.58. The van der Waals surface area contributed by atoms with Crippen molar-refractivity contribution in [3.05, 3.63) is 119 Å². The normalized spacial score (nSPS) is 16.5. The standard InChI is InChI=1S/C31H24BrN3O3S/c1-37-21-7-3-17(4-8-21)29-24-10-5-18-13-22(38-2)9-11-23(18)28(24)34-31-35(29)30(36)27(39-31)14-19-16-33-26-12-6-20(32)15-25(19)26/h3-4,6-9,11-16,29,33H,5,10H2,1-2H3/b27-14-. The summed E-state index contributed by atoms with van der Waals surface area (Å²) in [4.78, 5) is 23.2. The van der Waals surface area contributed by atoms with Gasteiger partial charge in [-0.05, 0) is 84.1 Å². The fraction of sp³-hybridized carbons (Fsp3) is 0.161. The third-order valence-corrected chi connectivity index (χ3v) is 9.04. The number of thiazole rings is 1. The lowest BCUT2D eigenvalue weighted by Gasteiger charge is -2.31. The number of fused-ring (bicyclic) bond motifs is 4. The first kappa shape index (κ1) is 24.2. The van der Waals surface area contributed by atoms with E-state index in [1.54, 1.807) is 14.2 Å². The molecule has 0 amide bonds. The number of hydrogen-bond acceptors (Lipinski definition) is 5. The zero-order valence-electron chi connectivity index (χ0n) is 21.3. The molecule has 0 fully saturated rings. The van der Waals surface area contributed by atoms with Crippen LogP contribution in [0.2, 0.25) is 0 Å². The zero-order chi connectivity index (χ0) is 26.7. The molecular formula is C31H24BrN3O3S. The molecule has 0 spiro atoms. The Hall–Kier alpha value is -3.88. The number of ether oxygens (including phenoxy) is 2. The highest BCUT2D eigenvalue weighted by Gasteiger charge is 2.32. The van der Waals surface area contributed by atoms with E-state index < -0.39 is 0 Å². The van der Waals surface area contributed by atoms with Gasteiger partial charge in [0, 0.05) is 32.7 Å². The lowest BCUT2D eigenvalue weighted by atomic mass is 9.83. The molecule has 1 N–H and O–H groups in total. The van der Waals surface area contributed by atoms with E-state index in [-0.39, 0.29) is 11.6 Å². The van der Waals surface area contributed by atoms with Gasteiger partial charge >= 0.3 is 0 Å². The molecule has 5 aromatic rings. The van der Waals surface area contributed by atoms with Crippen molar-refractivity contribution in [2.24, 2.45) is 4.99 Å². The van der Waals surface area contributed by atoms with Gasteiger partial charge in [-0.15, -0.1) is 0 Å². The summed E-state index contributed by atoms with van der Waals surface area (Å²) in [5.41, 5.74) is 7.45. The number of H-pyrrole nitrogens is 1. The van der Waals surface area contributed by atoms with Gasteiger partial charge in [0.1, 0.15) is 11.5 Å². The third-order valence-electron chi connectivity index (χ3n) is 7.56. The average Bonchev–Trinajstić information content (AvgIpc) is 3.51. The quantitative estimate of drug-likeness (QED) is 0.294. The van der Waals surface area contributed by atoms with Crippen LogP contribution in [-0.2, 0) is 6.42 Å². The Morgan fingerprint density at radius 3 is 2.62 bits per heavy atom. The van der Waals surface area contributed by atoms with Crippen molar-refractivity contribution < 1.29 is 9.47 Å². The highest BCUT2D eigenvalue weighted by molar-refractivity contribution is 9.10. The second kappa shape index (κ2) is 9.39. The SMILES string of the molecule is COc1ccc(C2C3=C(N=c4s/c(=C\c5c[nH]c6ccc(Br)cc56)c(=O)n42)c2ccc(OC)cc2CC3)cc1. The van der Waals surface area contributed by atoms with Crippen LogP contribution in [0.15, 0.2) is 86.7 Å². The molecule has 0 saturated carbocycles. The van der Waals surface area contributed by atoms with Crippen LogP contribution in [0.5, 0.6) is 11.5 Å². The molecule has 39 heavy (non-hydrogen) atoms. The molecule has 1 aliphatic carbocycles. The summed E-state index contributed by atoms with van der Waals surface area (Å²) in [6.45, 7) is 0. The van der Waals surface area contributed by atoms with Gasteiger partial charge in [0.25, 0.3) is 5.56 Å². The number of rotatable bonds is 4. The second-order valence-corrected chi connectivity index (χ2v) is 11.6. The van der Waals surface area contributed by atoms with E-state index in [2.05, 4.69) is 51.2 Å². The lowest BCUT2D eigenvalue weighted by Crippen LogP contribution is -2.38. The molecule has 0 saturated heterocycles. The van der Waals surface area contributed by atoms with Crippen LogP contribution in [0.25, 0.3) is 22.7 Å². The van der Waals surface area contributed by atoms with Crippen LogP contribution in [0, 0.1) is 0 Å². The Bertz CT molecular complexity index is 1980. The molecular weight excluding hydrogens is 574 g/mol. The van der Waals surface area contributed by atoms with Crippen molar-refractivity contribution in [3.8, 4) is 11.5 Å². The number of halogens is 1. The number of methoxy groups -OCH3 is 2. The van der Waals surface area contributed by atoms with Gasteiger partial charge in [0.15, 0.2) is 4.80 Å². The topological polar surface area (TPSA) is 68.6 Å². The van der Waals surface area contributed by atoms with Crippen LogP contribution in [0.1, 0.15) is 34.7 Å². The van der Waals surface area contributed by atoms with E-state index >= 15 is 0 Å². The summed E-state index contributed by atoms with van der Waals surface area (Å²) in [7, 11) is 3.35. The summed E-state index contributed by atoms with van der Waals surface area (Å²) >= 11 is 5.01. The Kier molecular flexibility index (Phi) is 5.82. The minimum absolute atomic E-state index is 0.0315. The van der Waals surface area contributed by atoms with Crippen LogP contribution in [0.3, 0.4) is 0 Å². The van der Waals surface area contributed by atoms with E-state index in [1.165, 1.54) is 16.9 Å². The van der Waals surface area contributed by atoms with Gasteiger partial charge in [-0.3, -0.25) is 9.36 Å². The monoisotopic (exact) mass is 597 g/mol. The fourth-order valence-electron chi connectivity index (χ4n) is 5.65. The maximum Gasteiger partial charge on any atom is 0.271 e. The molecule has 2 aliphatic rings. The molecule has 6 nitrogen and oxygen atoms in total. The van der Waals surface area contributed by atoms with Gasteiger partial charge in [-0.2, -0.15) is 0 Å². The predicted molar refractivity (Wildman–Crippen MR) is 158 cm³/mol. The average molecular weight is 599 g/mol. The second-order valence-electron chi connectivity index (χ2n) is 9.69. The van der Waals surface area contributed by atoms with Crippen LogP contribution in [-0.4, -0.2) is 23.8 Å². The lowest BCUT2D eigenvalue weighted by molar-refractivity contribution is 0.414. The number of aromatic amines is 1. The summed E-state index contributed by atoms with van der Waals surface area (Å²) < 4.78 is 14.4. The van der Waals surface area contributed by atoms with Crippen LogP contribution >= 0.6 is 27.3 Å². The first-order valence-electron chi connectivity index (χ1n) is 12.7. The van der Waals surface area contributed by atoms with E-state index in [0.29, 0.717) is 9.33 Å². The number of nitrogens with one attached hydrogen (secondary N) is 1. The van der Waals surface area contributed by atoms with Crippen molar-refractivity contribution in [1.82, 2.24) is 9.55 Å². The number of allylic oxidation sites excluding steroid dienone is 1. The van der Waals surface area contributed by atoms with Gasteiger partial charge in [-0.25, -0.2) is 4.99 Å². The van der Waals surface area contributed by atoms with E-state index in [4.69, 9.17) is 14.5 Å². The van der Waals surface area contributed by atoms with Crippen LogP contribution < -0.4 is 24.4 Å². The molecule has 8 heteroatoms. The van der Waals surface area contributed by atoms with Crippen molar-refractivity contribution in [1.29, 1.82) is 0 Å². The van der Waals surface area contributed by atoms with E-state index in [9.17, 15) is 4.79 Å². The number of aromatic nitrogens is 2. The largest absolute Gasteiger partial charge is 0.497 e. The van der Waals surface area contributed by atoms with Gasteiger partial charge in [0.05, 0.1) is 30.5 Å². The number of benzene rings is 3. The van der Waals surface area contributed by atoms with Crippen molar-refractivity contribution >= 4 is 49.9 Å². The molecule has 1 aliphatic heterocycles. The minimum Gasteiger partial charge on any atom is -0.497 e. The Balaban J connectivity index is 1.47. The summed E-state index contributed by atoms with van der Waals surface area (Å²) in [5.74, 6) is 1.63. The smallest absolute Gasteiger partial charge is 0.271 e. The molecule has 0 radical (unpaired) electrons. The molecule has 2 aromatic heterocycles. The van der Waals surface area contributed by atoms with Gasteiger partial charge in [0.2, 0.25) is 0 Å². The zero-order valence-corrected chi connectivity index (χ0v) is 23.7. The first-order valence-corrected chi connectivity index (χ1v) is 14.3. The highest BCUT2D eigenvalue weighted by Crippen LogP contribution is 2.42. The van der Waals surface area contributed by atoms with Crippen molar-refractivity contribution in [2.45, 2.75) is 18.9 Å². The Morgan fingerprint density at radius 1 is 1.03 bits per heavy atom. The van der Waals surface area contributed by atoms with Gasteiger partial charge < -0.3 is 14.5 Å². The molecule has 194 valence electrons. The maximum absolute atomic E-state index is 14.1. The number of aryl methyl sites for hydroxylation is 1. The van der Waals surface area contributed by atoms with E-state index in [0.717, 1.165) is 67.7 Å². The molecule has 3 aromatic carbocycles. The first-order chi connectivity index (χ1) is 19.0. The summed E-state index contributed by atoms with van der Waals surface area (Å²) in [5, 5.41) is 1.06. The maximum atomic E-state index is 14.1. The van der Waals surface area contributed by atoms with Crippen molar-refractivity contribution in [2.75, 3.05) is 14.2 Å². The van der Waals surface area contributed by atoms with E-state index in [1.807, 2.05) is 47.2 Å². The van der Waals surface area contributed by atoms with Crippen molar-refractivity contribution in [3.63, 3.8) is 0 Å².